The average molecular weight is 229 g/mol. The zero-order valence-corrected chi connectivity index (χ0v) is 10.1. The molecule has 3 heteroatoms. The van der Waals surface area contributed by atoms with Gasteiger partial charge in [-0.25, -0.2) is 0 Å². The average Bonchev–Trinajstić information content (AvgIpc) is 2.40. The van der Waals surface area contributed by atoms with Crippen LogP contribution >= 0.6 is 0 Å². The third kappa shape index (κ3) is 2.43. The van der Waals surface area contributed by atoms with Crippen molar-refractivity contribution < 1.29 is 0 Å². The fourth-order valence-corrected chi connectivity index (χ4v) is 2.56. The third-order valence-electron chi connectivity index (χ3n) is 3.51. The molecule has 17 heavy (non-hydrogen) atoms. The van der Waals surface area contributed by atoms with Crippen LogP contribution in [0, 0.1) is 0 Å². The van der Waals surface area contributed by atoms with E-state index in [0.29, 0.717) is 0 Å². The molecule has 90 valence electrons. The van der Waals surface area contributed by atoms with Gasteiger partial charge in [-0.15, -0.1) is 0 Å². The maximum atomic E-state index is 4.43. The second kappa shape index (κ2) is 4.78. The van der Waals surface area contributed by atoms with Gasteiger partial charge in [0.25, 0.3) is 0 Å². The Morgan fingerprint density at radius 3 is 2.76 bits per heavy atom. The van der Waals surface area contributed by atoms with Crippen LogP contribution in [0.3, 0.4) is 0 Å². The molecule has 0 bridgehead atoms. The molecule has 2 N–H and O–H groups in total. The summed E-state index contributed by atoms with van der Waals surface area (Å²) >= 11 is 0. The van der Waals surface area contributed by atoms with E-state index in [-0.39, 0.29) is 0 Å². The van der Waals surface area contributed by atoms with Gasteiger partial charge in [-0.05, 0) is 55.4 Å². The molecule has 0 radical (unpaired) electrons. The summed E-state index contributed by atoms with van der Waals surface area (Å²) in [5, 5.41) is 6.66. The molecule has 0 fully saturated rings. The largest absolute Gasteiger partial charge is 0.356 e. The van der Waals surface area contributed by atoms with E-state index in [4.69, 9.17) is 0 Å². The number of hydrogen-bond acceptors (Lipinski definition) is 3. The highest BCUT2D eigenvalue weighted by molar-refractivity contribution is 5.94. The Bertz CT molecular complexity index is 437. The lowest BCUT2D eigenvalue weighted by atomic mass is 9.91. The minimum absolute atomic E-state index is 0.923. The van der Waals surface area contributed by atoms with E-state index in [0.717, 1.165) is 25.5 Å². The van der Waals surface area contributed by atoms with E-state index in [1.54, 1.807) is 0 Å². The second-order valence-corrected chi connectivity index (χ2v) is 4.83. The molecular weight excluding hydrogens is 210 g/mol. The number of aliphatic imine (C=N–C) groups is 1. The molecule has 0 aromatic heterocycles. The van der Waals surface area contributed by atoms with Crippen LogP contribution in [0.5, 0.6) is 0 Å². The lowest BCUT2D eigenvalue weighted by Crippen LogP contribution is -2.35. The lowest BCUT2D eigenvalue weighted by Gasteiger charge is -2.19. The summed E-state index contributed by atoms with van der Waals surface area (Å²) in [5.74, 6) is 0.923. The van der Waals surface area contributed by atoms with E-state index in [2.05, 4.69) is 33.8 Å². The molecule has 0 saturated heterocycles. The van der Waals surface area contributed by atoms with Crippen molar-refractivity contribution in [3.63, 3.8) is 0 Å². The summed E-state index contributed by atoms with van der Waals surface area (Å²) in [6.07, 6.45) is 6.28. The number of guanidine groups is 1. The maximum Gasteiger partial charge on any atom is 0.195 e. The molecule has 1 aromatic carbocycles. The summed E-state index contributed by atoms with van der Waals surface area (Å²) in [6, 6.07) is 6.72. The Hall–Kier alpha value is -1.51. The zero-order chi connectivity index (χ0) is 11.5. The molecule has 0 saturated carbocycles. The van der Waals surface area contributed by atoms with Gasteiger partial charge in [-0.1, -0.05) is 6.07 Å². The monoisotopic (exact) mass is 229 g/mol. The summed E-state index contributed by atoms with van der Waals surface area (Å²) in [5.41, 5.74) is 4.21. The van der Waals surface area contributed by atoms with E-state index in [9.17, 15) is 0 Å². The molecular formula is C14H19N3. The van der Waals surface area contributed by atoms with Gasteiger partial charge in [-0.3, -0.25) is 4.99 Å². The molecule has 0 atom stereocenters. The minimum atomic E-state index is 0.923. The summed E-state index contributed by atoms with van der Waals surface area (Å²) in [7, 11) is 0. The molecule has 1 aliphatic heterocycles. The summed E-state index contributed by atoms with van der Waals surface area (Å²) < 4.78 is 0. The van der Waals surface area contributed by atoms with Crippen LogP contribution in [-0.4, -0.2) is 19.0 Å². The van der Waals surface area contributed by atoms with Crippen LogP contribution < -0.4 is 10.6 Å². The number of nitrogens with one attached hydrogen (secondary N) is 2. The van der Waals surface area contributed by atoms with Crippen LogP contribution in [0.25, 0.3) is 0 Å². The minimum Gasteiger partial charge on any atom is -0.356 e. The molecule has 1 heterocycles. The van der Waals surface area contributed by atoms with E-state index in [1.165, 1.54) is 42.5 Å². The Balaban J connectivity index is 1.77. The summed E-state index contributed by atoms with van der Waals surface area (Å²) in [4.78, 5) is 4.43. The van der Waals surface area contributed by atoms with Gasteiger partial charge >= 0.3 is 0 Å². The third-order valence-corrected chi connectivity index (χ3v) is 3.51. The highest BCUT2D eigenvalue weighted by atomic mass is 15.2. The second-order valence-electron chi connectivity index (χ2n) is 4.83. The first kappa shape index (κ1) is 10.6. The Morgan fingerprint density at radius 2 is 1.94 bits per heavy atom. The standard InChI is InChI=1S/C14H19N3/c1-2-5-12-10-13(7-6-11(12)4-1)17-14-15-8-3-9-16-14/h6-7,10H,1-5,8-9H2,(H2,15,16,17). The van der Waals surface area contributed by atoms with Gasteiger partial charge in [0.15, 0.2) is 5.96 Å². The van der Waals surface area contributed by atoms with Gasteiger partial charge in [0, 0.05) is 18.8 Å². The number of hydrogen-bond donors (Lipinski definition) is 2. The number of fused-ring (bicyclic) bond motifs is 1. The Labute approximate surface area is 102 Å². The number of anilines is 1. The zero-order valence-electron chi connectivity index (χ0n) is 10.1. The van der Waals surface area contributed by atoms with E-state index >= 15 is 0 Å². The Kier molecular flexibility index (Phi) is 2.99. The van der Waals surface area contributed by atoms with Gasteiger partial charge in [0.2, 0.25) is 0 Å². The van der Waals surface area contributed by atoms with Crippen molar-refractivity contribution in [2.75, 3.05) is 18.4 Å². The lowest BCUT2D eigenvalue weighted by molar-refractivity contribution is 0.686. The Morgan fingerprint density at radius 1 is 1.06 bits per heavy atom. The van der Waals surface area contributed by atoms with Crippen molar-refractivity contribution in [1.29, 1.82) is 0 Å². The van der Waals surface area contributed by atoms with Gasteiger partial charge in [0.05, 0.1) is 0 Å². The number of aryl methyl sites for hydroxylation is 2. The van der Waals surface area contributed by atoms with Gasteiger partial charge in [-0.2, -0.15) is 0 Å². The first-order chi connectivity index (χ1) is 8.42. The van der Waals surface area contributed by atoms with Crippen LogP contribution in [0.15, 0.2) is 23.2 Å². The quantitative estimate of drug-likeness (QED) is 0.775. The number of benzene rings is 1. The highest BCUT2D eigenvalue weighted by Crippen LogP contribution is 2.24. The van der Waals surface area contributed by atoms with Crippen LogP contribution in [0.2, 0.25) is 0 Å². The van der Waals surface area contributed by atoms with Crippen molar-refractivity contribution in [2.45, 2.75) is 32.1 Å². The van der Waals surface area contributed by atoms with Crippen molar-refractivity contribution in [2.24, 2.45) is 4.99 Å². The fraction of sp³-hybridized carbons (Fsp3) is 0.500. The molecule has 0 unspecified atom stereocenters. The highest BCUT2D eigenvalue weighted by Gasteiger charge is 2.10. The number of nitrogens with zero attached hydrogens (tertiary/aromatic N) is 1. The molecule has 0 spiro atoms. The fourth-order valence-electron chi connectivity index (χ4n) is 2.56. The van der Waals surface area contributed by atoms with Crippen molar-refractivity contribution in [1.82, 2.24) is 5.32 Å². The topological polar surface area (TPSA) is 36.4 Å². The molecule has 2 aliphatic rings. The normalized spacial score (nSPS) is 18.9. The van der Waals surface area contributed by atoms with Crippen molar-refractivity contribution in [3.8, 4) is 0 Å². The molecule has 1 aliphatic carbocycles. The van der Waals surface area contributed by atoms with Gasteiger partial charge in [0.1, 0.15) is 0 Å². The molecule has 3 nitrogen and oxygen atoms in total. The van der Waals surface area contributed by atoms with Gasteiger partial charge < -0.3 is 10.6 Å². The SMILES string of the molecule is c1cc2c(cc1NC1=NCCCN1)CCCC2. The summed E-state index contributed by atoms with van der Waals surface area (Å²) in [6.45, 7) is 1.96. The first-order valence-electron chi connectivity index (χ1n) is 6.59. The van der Waals surface area contributed by atoms with E-state index < -0.39 is 0 Å². The van der Waals surface area contributed by atoms with Crippen LogP contribution in [0.4, 0.5) is 5.69 Å². The van der Waals surface area contributed by atoms with Crippen LogP contribution in [0.1, 0.15) is 30.4 Å². The van der Waals surface area contributed by atoms with Crippen molar-refractivity contribution in [3.05, 3.63) is 29.3 Å². The maximum absolute atomic E-state index is 4.43. The first-order valence-corrected chi connectivity index (χ1v) is 6.59. The predicted octanol–water partition coefficient (Wildman–Crippen LogP) is 2.33. The molecule has 0 amide bonds. The predicted molar refractivity (Wildman–Crippen MR) is 71.6 cm³/mol. The smallest absolute Gasteiger partial charge is 0.195 e. The van der Waals surface area contributed by atoms with Crippen LogP contribution in [-0.2, 0) is 12.8 Å². The number of rotatable bonds is 1. The van der Waals surface area contributed by atoms with Crippen molar-refractivity contribution >= 4 is 11.6 Å². The van der Waals surface area contributed by atoms with E-state index in [1.807, 2.05) is 0 Å². The molecule has 1 aromatic rings. The molecule has 3 rings (SSSR count).